The second kappa shape index (κ2) is 8.34. The zero-order chi connectivity index (χ0) is 17.5. The number of ether oxygens (including phenoxy) is 1. The quantitative estimate of drug-likeness (QED) is 0.651. The van der Waals surface area contributed by atoms with Gasteiger partial charge in [-0.3, -0.25) is 4.79 Å². The predicted octanol–water partition coefficient (Wildman–Crippen LogP) is 3.69. The monoisotopic (exact) mass is 355 g/mol. The van der Waals surface area contributed by atoms with Crippen LogP contribution in [0.2, 0.25) is 0 Å². The van der Waals surface area contributed by atoms with Gasteiger partial charge in [-0.2, -0.15) is 0 Å². The van der Waals surface area contributed by atoms with Crippen LogP contribution < -0.4 is 10.1 Å². The Bertz CT molecular complexity index is 836. The molecule has 0 bridgehead atoms. The number of para-hydroxylation sites is 2. The summed E-state index contributed by atoms with van der Waals surface area (Å²) >= 11 is 1.19. The molecule has 6 nitrogen and oxygen atoms in total. The highest BCUT2D eigenvalue weighted by atomic mass is 32.2. The van der Waals surface area contributed by atoms with Crippen LogP contribution in [-0.4, -0.2) is 21.9 Å². The number of carbonyl (C=O) groups excluding carboxylic acids is 1. The summed E-state index contributed by atoms with van der Waals surface area (Å²) in [6.07, 6.45) is 0. The van der Waals surface area contributed by atoms with E-state index in [2.05, 4.69) is 15.5 Å². The first kappa shape index (κ1) is 17.0. The van der Waals surface area contributed by atoms with E-state index in [1.807, 2.05) is 61.5 Å². The van der Waals surface area contributed by atoms with Crippen molar-refractivity contribution in [1.82, 2.24) is 10.2 Å². The molecular weight excluding hydrogens is 338 g/mol. The summed E-state index contributed by atoms with van der Waals surface area (Å²) in [4.78, 5) is 12.0. The van der Waals surface area contributed by atoms with E-state index in [0.29, 0.717) is 11.1 Å². The largest absolute Gasteiger partial charge is 0.484 e. The Morgan fingerprint density at radius 1 is 1.12 bits per heavy atom. The number of benzene rings is 2. The van der Waals surface area contributed by atoms with Crippen LogP contribution in [0.5, 0.6) is 5.75 Å². The van der Waals surface area contributed by atoms with Crippen molar-refractivity contribution in [1.29, 1.82) is 0 Å². The molecule has 25 heavy (non-hydrogen) atoms. The van der Waals surface area contributed by atoms with Gasteiger partial charge in [0.1, 0.15) is 5.75 Å². The molecule has 0 aliphatic rings. The van der Waals surface area contributed by atoms with Crippen molar-refractivity contribution >= 4 is 23.4 Å². The number of thioether (sulfide) groups is 1. The Morgan fingerprint density at radius 3 is 2.68 bits per heavy atom. The first-order valence-electron chi connectivity index (χ1n) is 7.69. The highest BCUT2D eigenvalue weighted by molar-refractivity contribution is 7.99. The third-order valence-corrected chi connectivity index (χ3v) is 4.12. The minimum atomic E-state index is -0.125. The predicted molar refractivity (Wildman–Crippen MR) is 95.6 cm³/mol. The first-order chi connectivity index (χ1) is 12.2. The molecular formula is C18H17N3O3S. The lowest BCUT2D eigenvalue weighted by atomic mass is 10.2. The van der Waals surface area contributed by atoms with E-state index < -0.39 is 0 Å². The van der Waals surface area contributed by atoms with Gasteiger partial charge in [0.2, 0.25) is 5.91 Å². The van der Waals surface area contributed by atoms with Gasteiger partial charge in [0.25, 0.3) is 11.1 Å². The summed E-state index contributed by atoms with van der Waals surface area (Å²) < 4.78 is 11.0. The zero-order valence-corrected chi connectivity index (χ0v) is 14.5. The van der Waals surface area contributed by atoms with Crippen LogP contribution in [0.4, 0.5) is 5.69 Å². The van der Waals surface area contributed by atoms with E-state index in [9.17, 15) is 4.79 Å². The van der Waals surface area contributed by atoms with Gasteiger partial charge in [-0.05, 0) is 30.7 Å². The minimum Gasteiger partial charge on any atom is -0.484 e. The molecule has 0 aliphatic heterocycles. The number of anilines is 1. The molecule has 0 aliphatic carbocycles. The summed E-state index contributed by atoms with van der Waals surface area (Å²) in [5, 5.41) is 11.0. The van der Waals surface area contributed by atoms with E-state index in [1.165, 1.54) is 11.8 Å². The van der Waals surface area contributed by atoms with Gasteiger partial charge in [-0.25, -0.2) is 0 Å². The number of amides is 1. The van der Waals surface area contributed by atoms with Crippen molar-refractivity contribution in [3.63, 3.8) is 0 Å². The SMILES string of the molecule is Cc1ccccc1NC(=O)CSc1nnc(COc2ccccc2)o1. The fourth-order valence-corrected chi connectivity index (χ4v) is 2.62. The maximum absolute atomic E-state index is 12.0. The molecule has 3 aromatic rings. The summed E-state index contributed by atoms with van der Waals surface area (Å²) in [5.41, 5.74) is 1.81. The molecule has 128 valence electrons. The number of rotatable bonds is 7. The Labute approximate surface area is 149 Å². The normalized spacial score (nSPS) is 10.4. The van der Waals surface area contributed by atoms with Crippen LogP contribution in [0.25, 0.3) is 0 Å². The van der Waals surface area contributed by atoms with Crippen LogP contribution >= 0.6 is 11.8 Å². The number of hydrogen-bond donors (Lipinski definition) is 1. The van der Waals surface area contributed by atoms with E-state index in [0.717, 1.165) is 17.0 Å². The molecule has 0 spiro atoms. The van der Waals surface area contributed by atoms with Crippen LogP contribution in [0.15, 0.2) is 64.2 Å². The summed E-state index contributed by atoms with van der Waals surface area (Å²) in [5.74, 6) is 1.16. The first-order valence-corrected chi connectivity index (χ1v) is 8.68. The summed E-state index contributed by atoms with van der Waals surface area (Å²) in [6.45, 7) is 2.13. The molecule has 1 amide bonds. The fraction of sp³-hybridized carbons (Fsp3) is 0.167. The second-order valence-electron chi connectivity index (χ2n) is 5.22. The zero-order valence-electron chi connectivity index (χ0n) is 13.6. The van der Waals surface area contributed by atoms with Gasteiger partial charge in [0, 0.05) is 5.69 Å². The Kier molecular flexibility index (Phi) is 5.69. The van der Waals surface area contributed by atoms with E-state index >= 15 is 0 Å². The number of nitrogens with one attached hydrogen (secondary N) is 1. The molecule has 1 aromatic heterocycles. The molecule has 0 unspecified atom stereocenters. The number of carbonyl (C=O) groups is 1. The third-order valence-electron chi connectivity index (χ3n) is 3.30. The molecule has 1 heterocycles. The van der Waals surface area contributed by atoms with Crippen LogP contribution in [0.1, 0.15) is 11.5 Å². The number of aryl methyl sites for hydroxylation is 1. The lowest BCUT2D eigenvalue weighted by molar-refractivity contribution is -0.113. The van der Waals surface area contributed by atoms with E-state index in [-0.39, 0.29) is 18.3 Å². The molecule has 0 atom stereocenters. The lowest BCUT2D eigenvalue weighted by Gasteiger charge is -2.06. The molecule has 2 aromatic carbocycles. The molecule has 0 fully saturated rings. The average molecular weight is 355 g/mol. The highest BCUT2D eigenvalue weighted by Gasteiger charge is 2.11. The van der Waals surface area contributed by atoms with E-state index in [1.54, 1.807) is 0 Å². The maximum atomic E-state index is 12.0. The van der Waals surface area contributed by atoms with Crippen molar-refractivity contribution in [3.8, 4) is 5.75 Å². The molecule has 0 radical (unpaired) electrons. The van der Waals surface area contributed by atoms with Gasteiger partial charge < -0.3 is 14.5 Å². The topological polar surface area (TPSA) is 77.2 Å². The molecule has 3 rings (SSSR count). The van der Waals surface area contributed by atoms with Gasteiger partial charge in [-0.15, -0.1) is 10.2 Å². The van der Waals surface area contributed by atoms with Crippen molar-refractivity contribution in [2.75, 3.05) is 11.1 Å². The number of nitrogens with zero attached hydrogens (tertiary/aromatic N) is 2. The molecule has 1 N–H and O–H groups in total. The van der Waals surface area contributed by atoms with E-state index in [4.69, 9.17) is 9.15 Å². The Hall–Kier alpha value is -2.80. The number of aromatic nitrogens is 2. The summed E-state index contributed by atoms with van der Waals surface area (Å²) in [7, 11) is 0. The smallest absolute Gasteiger partial charge is 0.277 e. The van der Waals surface area contributed by atoms with Crippen LogP contribution in [0, 0.1) is 6.92 Å². The van der Waals surface area contributed by atoms with Gasteiger partial charge in [0.15, 0.2) is 6.61 Å². The van der Waals surface area contributed by atoms with Gasteiger partial charge >= 0.3 is 0 Å². The van der Waals surface area contributed by atoms with Crippen LogP contribution in [0.3, 0.4) is 0 Å². The number of hydrogen-bond acceptors (Lipinski definition) is 6. The third kappa shape index (κ3) is 5.09. The average Bonchev–Trinajstić information content (AvgIpc) is 3.09. The maximum Gasteiger partial charge on any atom is 0.277 e. The standard InChI is InChI=1S/C18H17N3O3S/c1-13-7-5-6-10-15(13)19-16(22)12-25-18-21-20-17(24-18)11-23-14-8-3-2-4-9-14/h2-10H,11-12H2,1H3,(H,19,22). The van der Waals surface area contributed by atoms with Crippen molar-refractivity contribution in [2.24, 2.45) is 0 Å². The van der Waals surface area contributed by atoms with Crippen molar-refractivity contribution < 1.29 is 13.9 Å². The molecule has 0 saturated carbocycles. The van der Waals surface area contributed by atoms with Gasteiger partial charge in [-0.1, -0.05) is 48.2 Å². The lowest BCUT2D eigenvalue weighted by Crippen LogP contribution is -2.14. The summed E-state index contributed by atoms with van der Waals surface area (Å²) in [6, 6.07) is 17.0. The Morgan fingerprint density at radius 2 is 1.88 bits per heavy atom. The molecule has 7 heteroatoms. The van der Waals surface area contributed by atoms with Gasteiger partial charge in [0.05, 0.1) is 5.75 Å². The minimum absolute atomic E-state index is 0.125. The van der Waals surface area contributed by atoms with Crippen LogP contribution in [-0.2, 0) is 11.4 Å². The molecule has 0 saturated heterocycles. The highest BCUT2D eigenvalue weighted by Crippen LogP contribution is 2.19. The van der Waals surface area contributed by atoms with Crippen molar-refractivity contribution in [2.45, 2.75) is 18.8 Å². The van der Waals surface area contributed by atoms with Crippen molar-refractivity contribution in [3.05, 3.63) is 66.1 Å². The fourth-order valence-electron chi connectivity index (χ4n) is 2.04. The second-order valence-corrected chi connectivity index (χ2v) is 6.14. The Balaban J connectivity index is 1.47.